The first-order valence-corrected chi connectivity index (χ1v) is 14.4. The highest BCUT2D eigenvalue weighted by Gasteiger charge is 2.52. The van der Waals surface area contributed by atoms with Crippen molar-refractivity contribution < 1.29 is 31.9 Å². The summed E-state index contributed by atoms with van der Waals surface area (Å²) in [6.45, 7) is 1.74. The molecule has 12 heteroatoms. The predicted molar refractivity (Wildman–Crippen MR) is 134 cm³/mol. The molecule has 2 aliphatic rings. The van der Waals surface area contributed by atoms with E-state index in [1.54, 1.807) is 37.3 Å². The topological polar surface area (TPSA) is 155 Å². The van der Waals surface area contributed by atoms with Crippen molar-refractivity contribution in [2.45, 2.75) is 18.8 Å². The number of nitrogens with one attached hydrogen (secondary N) is 2. The van der Waals surface area contributed by atoms with E-state index in [1.165, 1.54) is 30.7 Å². The van der Waals surface area contributed by atoms with Crippen LogP contribution in [0.25, 0.3) is 0 Å². The highest BCUT2D eigenvalue weighted by atomic mass is 32.2. The highest BCUT2D eigenvalue weighted by molar-refractivity contribution is 7.92. The molecule has 0 amide bonds. The standard InChI is InChI=1S/C24H22N3O7PS/c1-24(12-14-9-10-34-13-14)17-6-4-3-5-16(17)21(28)20(22(24)29)23-25-18-8-7-15(27-36(2,32)33)11-19(18)35(30,31)26-23/h3-11,13,20,27H,12H2,1-2H3,(H2,25,26,30,31). The molecule has 3 atom stereocenters. The van der Waals surface area contributed by atoms with Crippen LogP contribution in [0.2, 0.25) is 0 Å². The van der Waals surface area contributed by atoms with E-state index in [4.69, 9.17) is 4.42 Å². The summed E-state index contributed by atoms with van der Waals surface area (Å²) in [5.74, 6) is -2.64. The number of rotatable bonds is 5. The van der Waals surface area contributed by atoms with Crippen molar-refractivity contribution in [2.75, 3.05) is 16.3 Å². The Kier molecular flexibility index (Phi) is 5.55. The highest BCUT2D eigenvalue weighted by Crippen LogP contribution is 2.49. The Labute approximate surface area is 207 Å². The van der Waals surface area contributed by atoms with E-state index >= 15 is 0 Å². The second-order valence-electron chi connectivity index (χ2n) is 9.11. The fourth-order valence-electron chi connectivity index (χ4n) is 4.79. The monoisotopic (exact) mass is 527 g/mol. The molecule has 3 unspecified atom stereocenters. The van der Waals surface area contributed by atoms with Gasteiger partial charge in [0.1, 0.15) is 11.8 Å². The van der Waals surface area contributed by atoms with Crippen molar-refractivity contribution in [3.63, 3.8) is 0 Å². The fraction of sp³-hybridized carbons (Fsp3) is 0.208. The number of Topliss-reactive ketones (excluding diaryl/α,β-unsaturated/α-hetero) is 2. The number of ketones is 2. The molecule has 5 rings (SSSR count). The van der Waals surface area contributed by atoms with E-state index < -0.39 is 40.4 Å². The molecule has 1 aliphatic carbocycles. The number of nitrogens with zero attached hydrogens (tertiary/aromatic N) is 1. The molecule has 1 aliphatic heterocycles. The molecule has 0 bridgehead atoms. The third-order valence-corrected chi connectivity index (χ3v) is 8.48. The second kappa shape index (κ2) is 8.26. The number of amidine groups is 1. The Balaban J connectivity index is 1.59. The zero-order chi connectivity index (χ0) is 25.9. The predicted octanol–water partition coefficient (Wildman–Crippen LogP) is 2.87. The molecule has 2 heterocycles. The molecule has 10 nitrogen and oxygen atoms in total. The van der Waals surface area contributed by atoms with Crippen LogP contribution >= 0.6 is 7.52 Å². The summed E-state index contributed by atoms with van der Waals surface area (Å²) < 4.78 is 47.7. The summed E-state index contributed by atoms with van der Waals surface area (Å²) in [6, 6.07) is 12.6. The zero-order valence-corrected chi connectivity index (χ0v) is 21.0. The van der Waals surface area contributed by atoms with Gasteiger partial charge in [-0.15, -0.1) is 0 Å². The maximum atomic E-state index is 14.0. The van der Waals surface area contributed by atoms with Crippen LogP contribution < -0.4 is 15.3 Å². The molecular formula is C24H22N3O7PS. The lowest BCUT2D eigenvalue weighted by molar-refractivity contribution is -0.125. The van der Waals surface area contributed by atoms with Crippen LogP contribution in [-0.2, 0) is 31.2 Å². The van der Waals surface area contributed by atoms with Crippen LogP contribution in [0.1, 0.15) is 28.4 Å². The van der Waals surface area contributed by atoms with E-state index in [9.17, 15) is 27.5 Å². The number of fused-ring (bicyclic) bond motifs is 2. The fourth-order valence-corrected chi connectivity index (χ4v) is 6.66. The maximum Gasteiger partial charge on any atom is 0.345 e. The van der Waals surface area contributed by atoms with Crippen molar-refractivity contribution in [1.29, 1.82) is 0 Å². The minimum atomic E-state index is -4.46. The number of carbonyl (C=O) groups excluding carboxylic acids is 2. The molecule has 2 aromatic carbocycles. The molecule has 186 valence electrons. The number of benzene rings is 2. The van der Waals surface area contributed by atoms with E-state index in [0.29, 0.717) is 11.1 Å². The van der Waals surface area contributed by atoms with Crippen molar-refractivity contribution in [1.82, 2.24) is 0 Å². The molecule has 1 aromatic heterocycles. The zero-order valence-electron chi connectivity index (χ0n) is 19.3. The minimum Gasteiger partial charge on any atom is -0.472 e. The van der Waals surface area contributed by atoms with Gasteiger partial charge in [-0.2, -0.15) is 4.76 Å². The van der Waals surface area contributed by atoms with E-state index in [2.05, 4.69) is 14.8 Å². The molecular weight excluding hydrogens is 505 g/mol. The van der Waals surface area contributed by atoms with Crippen molar-refractivity contribution in [3.8, 4) is 0 Å². The molecule has 0 fully saturated rings. The third kappa shape index (κ3) is 4.09. The third-order valence-electron chi connectivity index (χ3n) is 6.39. The lowest BCUT2D eigenvalue weighted by atomic mass is 9.63. The average molecular weight is 527 g/mol. The smallest absolute Gasteiger partial charge is 0.345 e. The van der Waals surface area contributed by atoms with Gasteiger partial charge in [-0.05, 0) is 48.7 Å². The molecule has 3 N–H and O–H groups in total. The Morgan fingerprint density at radius 3 is 2.64 bits per heavy atom. The van der Waals surface area contributed by atoms with Gasteiger partial charge in [-0.3, -0.25) is 18.9 Å². The number of hydrogen-bond acceptors (Lipinski definition) is 7. The summed E-state index contributed by atoms with van der Waals surface area (Å²) in [5.41, 5.74) is 0.767. The van der Waals surface area contributed by atoms with Gasteiger partial charge >= 0.3 is 7.52 Å². The van der Waals surface area contributed by atoms with E-state index in [0.717, 1.165) is 11.8 Å². The van der Waals surface area contributed by atoms with Gasteiger partial charge in [0.25, 0.3) is 0 Å². The molecule has 0 spiro atoms. The van der Waals surface area contributed by atoms with Crippen LogP contribution in [0.3, 0.4) is 0 Å². The van der Waals surface area contributed by atoms with E-state index in [1.807, 2.05) is 0 Å². The Hall–Kier alpha value is -3.53. The van der Waals surface area contributed by atoms with Gasteiger partial charge < -0.3 is 14.6 Å². The van der Waals surface area contributed by atoms with Crippen LogP contribution in [0.4, 0.5) is 11.4 Å². The summed E-state index contributed by atoms with van der Waals surface area (Å²) in [4.78, 5) is 38.3. The Morgan fingerprint density at radius 1 is 1.19 bits per heavy atom. The number of carbonyl (C=O) groups is 2. The first-order chi connectivity index (χ1) is 16.9. The van der Waals surface area contributed by atoms with Gasteiger partial charge in [0.15, 0.2) is 11.6 Å². The summed E-state index contributed by atoms with van der Waals surface area (Å²) in [6.07, 6.45) is 4.24. The Morgan fingerprint density at radius 2 is 1.94 bits per heavy atom. The van der Waals surface area contributed by atoms with Crippen molar-refractivity contribution in [3.05, 3.63) is 77.7 Å². The van der Waals surface area contributed by atoms with Crippen LogP contribution in [-0.4, -0.2) is 37.0 Å². The number of anilines is 2. The van der Waals surface area contributed by atoms with Crippen molar-refractivity contribution in [2.24, 2.45) is 10.7 Å². The quantitative estimate of drug-likeness (QED) is 0.338. The molecule has 3 aromatic rings. The SMILES string of the molecule is CC1(Cc2ccoc2)C(=O)C(C2=NP(=O)(O)c3cc(NS(C)(=O)=O)ccc3N2)C(=O)c2ccccc21. The molecule has 0 saturated heterocycles. The van der Waals surface area contributed by atoms with Gasteiger partial charge in [0.05, 0.1) is 35.2 Å². The average Bonchev–Trinajstić information content (AvgIpc) is 3.30. The van der Waals surface area contributed by atoms with Crippen LogP contribution in [0.15, 0.2) is 70.2 Å². The van der Waals surface area contributed by atoms with Crippen molar-refractivity contribution >= 4 is 51.6 Å². The minimum absolute atomic E-state index is 0.0809. The number of hydrogen-bond donors (Lipinski definition) is 3. The Bertz CT molecular complexity index is 1600. The van der Waals surface area contributed by atoms with Gasteiger partial charge in [-0.25, -0.2) is 8.42 Å². The van der Waals surface area contributed by atoms with Crippen LogP contribution in [0, 0.1) is 5.92 Å². The number of furan rings is 1. The largest absolute Gasteiger partial charge is 0.472 e. The number of sulfonamides is 1. The summed E-state index contributed by atoms with van der Waals surface area (Å²) in [7, 11) is -8.08. The molecule has 0 radical (unpaired) electrons. The summed E-state index contributed by atoms with van der Waals surface area (Å²) >= 11 is 0. The lowest BCUT2D eigenvalue weighted by Gasteiger charge is -2.38. The van der Waals surface area contributed by atoms with Crippen LogP contribution in [0.5, 0.6) is 0 Å². The first kappa shape index (κ1) is 24.2. The first-order valence-electron chi connectivity index (χ1n) is 10.9. The maximum absolute atomic E-state index is 14.0. The van der Waals surface area contributed by atoms with Gasteiger partial charge in [0.2, 0.25) is 10.0 Å². The second-order valence-corrected chi connectivity index (χ2v) is 12.6. The van der Waals surface area contributed by atoms with Gasteiger partial charge in [-0.1, -0.05) is 24.3 Å². The lowest BCUT2D eigenvalue weighted by Crippen LogP contribution is -2.52. The van der Waals surface area contributed by atoms with E-state index in [-0.39, 0.29) is 28.9 Å². The van der Waals surface area contributed by atoms with Gasteiger partial charge in [0, 0.05) is 11.3 Å². The molecule has 36 heavy (non-hydrogen) atoms. The molecule has 0 saturated carbocycles. The summed E-state index contributed by atoms with van der Waals surface area (Å²) in [5, 5.41) is 2.74. The normalized spacial score (nSPS) is 25.4.